The van der Waals surface area contributed by atoms with E-state index in [1.165, 1.54) is 0 Å². The Hall–Kier alpha value is -3.48. The molecule has 2 N–H and O–H groups in total. The normalized spacial score (nSPS) is 11.9. The van der Waals surface area contributed by atoms with Crippen LogP contribution in [0.3, 0.4) is 0 Å². The van der Waals surface area contributed by atoms with Crippen LogP contribution in [0.1, 0.15) is 29.8 Å². The lowest BCUT2D eigenvalue weighted by atomic mass is 10.0. The molecule has 28 heavy (non-hydrogen) atoms. The number of anilines is 1. The quantitative estimate of drug-likeness (QED) is 0.685. The van der Waals surface area contributed by atoms with Gasteiger partial charge >= 0.3 is 6.01 Å². The van der Waals surface area contributed by atoms with Crippen LogP contribution in [-0.2, 0) is 4.79 Å². The van der Waals surface area contributed by atoms with E-state index in [4.69, 9.17) is 4.42 Å². The molecule has 3 aromatic rings. The van der Waals surface area contributed by atoms with E-state index in [0.29, 0.717) is 11.5 Å². The van der Waals surface area contributed by atoms with Crippen molar-refractivity contribution < 1.29 is 14.0 Å². The third-order valence-electron chi connectivity index (χ3n) is 4.23. The van der Waals surface area contributed by atoms with E-state index in [0.717, 1.165) is 11.1 Å². The molecule has 144 valence electrons. The van der Waals surface area contributed by atoms with Crippen LogP contribution < -0.4 is 10.6 Å². The zero-order valence-electron chi connectivity index (χ0n) is 16.0. The SMILES string of the molecule is Cc1ccc(C(=O)N[C@H](C(=O)Nc2nnc(-c3ccccc3)o2)C(C)C)cc1. The maximum absolute atomic E-state index is 12.7. The van der Waals surface area contributed by atoms with Gasteiger partial charge in [-0.2, -0.15) is 0 Å². The monoisotopic (exact) mass is 378 g/mol. The standard InChI is InChI=1S/C21H22N4O3/c1-13(2)17(22-18(26)15-11-9-14(3)10-12-15)19(27)23-21-25-24-20(28-21)16-7-5-4-6-8-16/h4-13,17H,1-3H3,(H,22,26)(H,23,25,27)/t17-/m0/s1. The Balaban J connectivity index is 1.69. The number of hydrogen-bond acceptors (Lipinski definition) is 5. The maximum Gasteiger partial charge on any atom is 0.322 e. The zero-order chi connectivity index (χ0) is 20.1. The van der Waals surface area contributed by atoms with Crippen molar-refractivity contribution in [2.45, 2.75) is 26.8 Å². The largest absolute Gasteiger partial charge is 0.403 e. The molecule has 0 bridgehead atoms. The second-order valence-electron chi connectivity index (χ2n) is 6.83. The molecule has 0 spiro atoms. The van der Waals surface area contributed by atoms with Gasteiger partial charge in [0.15, 0.2) is 0 Å². The van der Waals surface area contributed by atoms with Crippen molar-refractivity contribution in [3.8, 4) is 11.5 Å². The minimum atomic E-state index is -0.749. The van der Waals surface area contributed by atoms with Gasteiger partial charge in [-0.05, 0) is 37.1 Å². The third kappa shape index (κ3) is 4.62. The first-order chi connectivity index (χ1) is 13.4. The number of amides is 2. The highest BCUT2D eigenvalue weighted by molar-refractivity contribution is 6.00. The van der Waals surface area contributed by atoms with Gasteiger partial charge in [-0.25, -0.2) is 0 Å². The fraction of sp³-hybridized carbons (Fsp3) is 0.238. The van der Waals surface area contributed by atoms with Crippen molar-refractivity contribution in [1.82, 2.24) is 15.5 Å². The fourth-order valence-corrected chi connectivity index (χ4v) is 2.62. The van der Waals surface area contributed by atoms with Crippen LogP contribution in [0.5, 0.6) is 0 Å². The molecule has 1 atom stereocenters. The van der Waals surface area contributed by atoms with E-state index >= 15 is 0 Å². The van der Waals surface area contributed by atoms with Crippen LogP contribution in [0.25, 0.3) is 11.5 Å². The molecule has 0 fully saturated rings. The number of carbonyl (C=O) groups excluding carboxylic acids is 2. The average Bonchev–Trinajstić information content (AvgIpc) is 3.15. The van der Waals surface area contributed by atoms with E-state index in [9.17, 15) is 9.59 Å². The summed E-state index contributed by atoms with van der Waals surface area (Å²) >= 11 is 0. The first-order valence-electron chi connectivity index (χ1n) is 9.01. The molecule has 0 aliphatic rings. The molecule has 0 saturated heterocycles. The lowest BCUT2D eigenvalue weighted by Gasteiger charge is -2.20. The van der Waals surface area contributed by atoms with Gasteiger partial charge in [0.1, 0.15) is 6.04 Å². The Labute approximate surface area is 163 Å². The number of hydrogen-bond donors (Lipinski definition) is 2. The Morgan fingerprint density at radius 1 is 0.964 bits per heavy atom. The molecule has 0 saturated carbocycles. The molecule has 1 heterocycles. The smallest absolute Gasteiger partial charge is 0.322 e. The predicted octanol–water partition coefficient (Wildman–Crippen LogP) is 3.44. The number of benzene rings is 2. The highest BCUT2D eigenvalue weighted by Crippen LogP contribution is 2.19. The topological polar surface area (TPSA) is 97.1 Å². The predicted molar refractivity (Wildman–Crippen MR) is 106 cm³/mol. The Kier molecular flexibility index (Phi) is 5.84. The van der Waals surface area contributed by atoms with Gasteiger partial charge in [0.25, 0.3) is 11.8 Å². The Morgan fingerprint density at radius 3 is 2.29 bits per heavy atom. The van der Waals surface area contributed by atoms with Crippen molar-refractivity contribution >= 4 is 17.8 Å². The lowest BCUT2D eigenvalue weighted by Crippen LogP contribution is -2.47. The van der Waals surface area contributed by atoms with Gasteiger partial charge in [0, 0.05) is 11.1 Å². The first kappa shape index (κ1) is 19.3. The van der Waals surface area contributed by atoms with E-state index in [1.807, 2.05) is 63.2 Å². The summed E-state index contributed by atoms with van der Waals surface area (Å²) in [4.78, 5) is 25.1. The number of aromatic nitrogens is 2. The van der Waals surface area contributed by atoms with Crippen LogP contribution in [0.2, 0.25) is 0 Å². The summed E-state index contributed by atoms with van der Waals surface area (Å²) in [5.74, 6) is -0.560. The maximum atomic E-state index is 12.7. The van der Waals surface area contributed by atoms with Gasteiger partial charge < -0.3 is 9.73 Å². The van der Waals surface area contributed by atoms with Crippen LogP contribution in [-0.4, -0.2) is 28.1 Å². The van der Waals surface area contributed by atoms with Gasteiger partial charge in [-0.1, -0.05) is 54.8 Å². The molecule has 0 unspecified atom stereocenters. The highest BCUT2D eigenvalue weighted by Gasteiger charge is 2.26. The van der Waals surface area contributed by atoms with Crippen molar-refractivity contribution in [3.63, 3.8) is 0 Å². The summed E-state index contributed by atoms with van der Waals surface area (Å²) < 4.78 is 5.51. The zero-order valence-corrected chi connectivity index (χ0v) is 16.0. The number of nitrogens with zero attached hydrogens (tertiary/aromatic N) is 2. The van der Waals surface area contributed by atoms with E-state index < -0.39 is 11.9 Å². The van der Waals surface area contributed by atoms with Crippen LogP contribution >= 0.6 is 0 Å². The molecule has 3 rings (SSSR count). The molecule has 0 radical (unpaired) electrons. The molecular weight excluding hydrogens is 356 g/mol. The summed E-state index contributed by atoms with van der Waals surface area (Å²) in [7, 11) is 0. The Bertz CT molecular complexity index is 949. The van der Waals surface area contributed by atoms with Crippen molar-refractivity contribution in [2.24, 2.45) is 5.92 Å². The number of aryl methyl sites for hydroxylation is 1. The molecule has 1 aromatic heterocycles. The molecule has 7 nitrogen and oxygen atoms in total. The van der Waals surface area contributed by atoms with E-state index in [2.05, 4.69) is 20.8 Å². The highest BCUT2D eigenvalue weighted by atomic mass is 16.4. The summed E-state index contributed by atoms with van der Waals surface area (Å²) in [6, 6.07) is 15.6. The molecule has 2 aromatic carbocycles. The van der Waals surface area contributed by atoms with Crippen molar-refractivity contribution in [3.05, 3.63) is 65.7 Å². The molecule has 0 aliphatic carbocycles. The molecule has 0 aliphatic heterocycles. The van der Waals surface area contributed by atoms with Crippen LogP contribution in [0.4, 0.5) is 6.01 Å². The molecule has 7 heteroatoms. The minimum Gasteiger partial charge on any atom is -0.403 e. The van der Waals surface area contributed by atoms with Gasteiger partial charge in [-0.3, -0.25) is 14.9 Å². The first-order valence-corrected chi connectivity index (χ1v) is 9.01. The number of carbonyl (C=O) groups is 2. The number of rotatable bonds is 6. The fourth-order valence-electron chi connectivity index (χ4n) is 2.62. The number of nitrogens with one attached hydrogen (secondary N) is 2. The van der Waals surface area contributed by atoms with Gasteiger partial charge in [-0.15, -0.1) is 5.10 Å². The third-order valence-corrected chi connectivity index (χ3v) is 4.23. The van der Waals surface area contributed by atoms with E-state index in [-0.39, 0.29) is 17.8 Å². The Morgan fingerprint density at radius 2 is 1.64 bits per heavy atom. The summed E-state index contributed by atoms with van der Waals surface area (Å²) in [5.41, 5.74) is 2.30. The van der Waals surface area contributed by atoms with E-state index in [1.54, 1.807) is 12.1 Å². The van der Waals surface area contributed by atoms with Crippen LogP contribution in [0.15, 0.2) is 59.0 Å². The molecular formula is C21H22N4O3. The lowest BCUT2D eigenvalue weighted by molar-refractivity contribution is -0.119. The summed E-state index contributed by atoms with van der Waals surface area (Å²) in [6.07, 6.45) is 0. The summed E-state index contributed by atoms with van der Waals surface area (Å²) in [6.45, 7) is 5.64. The van der Waals surface area contributed by atoms with Crippen LogP contribution in [0, 0.1) is 12.8 Å². The van der Waals surface area contributed by atoms with Crippen molar-refractivity contribution in [1.29, 1.82) is 0 Å². The summed E-state index contributed by atoms with van der Waals surface area (Å²) in [5, 5.41) is 13.2. The van der Waals surface area contributed by atoms with Gasteiger partial charge in [0.2, 0.25) is 5.89 Å². The second kappa shape index (κ2) is 8.47. The minimum absolute atomic E-state index is 0.0147. The average molecular weight is 378 g/mol. The van der Waals surface area contributed by atoms with Crippen molar-refractivity contribution in [2.75, 3.05) is 5.32 Å². The molecule has 2 amide bonds. The second-order valence-corrected chi connectivity index (χ2v) is 6.83. The van der Waals surface area contributed by atoms with Gasteiger partial charge in [0.05, 0.1) is 0 Å².